The number of allylic oxidation sites excluding steroid dienone is 1. The molecule has 0 spiro atoms. The lowest BCUT2D eigenvalue weighted by molar-refractivity contribution is -0.375. The maximum Gasteiger partial charge on any atom is 0.187 e. The normalized spacial score (nSPS) is 54.9. The zero-order valence-corrected chi connectivity index (χ0v) is 42.7. The van der Waals surface area contributed by atoms with Crippen molar-refractivity contribution in [1.82, 2.24) is 0 Å². The molecule has 414 valence electrons. The average Bonchev–Trinajstić information content (AvgIpc) is 3.94. The molecule has 21 heteroatoms. The number of fused-ring (bicyclic) bond motifs is 7. The molecular formula is C51H84O21. The number of aliphatic hydroxyl groups is 11. The van der Waals surface area contributed by atoms with Gasteiger partial charge in [0.25, 0.3) is 0 Å². The minimum atomic E-state index is -2.04. The highest BCUT2D eigenvalue weighted by Gasteiger charge is 2.68. The molecule has 3 saturated carbocycles. The van der Waals surface area contributed by atoms with Crippen LogP contribution in [0.4, 0.5) is 0 Å². The van der Waals surface area contributed by atoms with Gasteiger partial charge in [0.15, 0.2) is 30.9 Å². The smallest absolute Gasteiger partial charge is 0.187 e. The van der Waals surface area contributed by atoms with E-state index in [0.717, 1.165) is 38.5 Å². The number of hydrogen-bond acceptors (Lipinski definition) is 21. The molecule has 72 heavy (non-hydrogen) atoms. The van der Waals surface area contributed by atoms with E-state index in [1.165, 1.54) is 12.5 Å². The summed E-state index contributed by atoms with van der Waals surface area (Å²) in [6.07, 6.45) is -13.9. The minimum Gasteiger partial charge on any atom is -0.394 e. The van der Waals surface area contributed by atoms with E-state index in [4.69, 9.17) is 47.4 Å². The van der Waals surface area contributed by atoms with Crippen molar-refractivity contribution >= 4 is 0 Å². The van der Waals surface area contributed by atoms with Crippen LogP contribution in [0.25, 0.3) is 0 Å². The first kappa shape index (κ1) is 55.6. The fourth-order valence-electron chi connectivity index (χ4n) is 15.0. The minimum absolute atomic E-state index is 0.0434. The summed E-state index contributed by atoms with van der Waals surface area (Å²) in [5.74, 6) is 1.09. The Hall–Kier alpha value is -1.10. The Morgan fingerprint density at radius 1 is 0.750 bits per heavy atom. The number of hydrogen-bond donors (Lipinski definition) is 11. The van der Waals surface area contributed by atoms with E-state index in [9.17, 15) is 56.2 Å². The molecule has 0 amide bonds. The van der Waals surface area contributed by atoms with E-state index >= 15 is 0 Å². The van der Waals surface area contributed by atoms with Gasteiger partial charge in [0.2, 0.25) is 0 Å². The molecule has 0 bridgehead atoms. The Balaban J connectivity index is 0.852. The fraction of sp³-hybridized carbons (Fsp3) is 0.961. The molecule has 5 saturated heterocycles. The van der Waals surface area contributed by atoms with Crippen LogP contribution in [-0.2, 0) is 47.4 Å². The first-order valence-electron chi connectivity index (χ1n) is 26.5. The molecule has 5 heterocycles. The molecule has 21 nitrogen and oxygen atoms in total. The molecule has 0 aromatic carbocycles. The molecule has 5 aliphatic heterocycles. The van der Waals surface area contributed by atoms with Crippen LogP contribution in [0.15, 0.2) is 11.6 Å². The summed E-state index contributed by atoms with van der Waals surface area (Å²) < 4.78 is 61.3. The van der Waals surface area contributed by atoms with Gasteiger partial charge in [-0.05, 0) is 106 Å². The Morgan fingerprint density at radius 3 is 2.07 bits per heavy atom. The van der Waals surface area contributed by atoms with Gasteiger partial charge in [0.1, 0.15) is 72.7 Å². The number of methoxy groups -OCH3 is 1. The van der Waals surface area contributed by atoms with Crippen LogP contribution in [0, 0.1) is 46.3 Å². The first-order valence-corrected chi connectivity index (χ1v) is 26.5. The lowest BCUT2D eigenvalue weighted by Crippen LogP contribution is -2.65. The van der Waals surface area contributed by atoms with Crippen LogP contribution in [0.3, 0.4) is 0 Å². The zero-order valence-electron chi connectivity index (χ0n) is 42.7. The van der Waals surface area contributed by atoms with Crippen molar-refractivity contribution in [2.45, 2.75) is 227 Å². The van der Waals surface area contributed by atoms with Gasteiger partial charge in [-0.2, -0.15) is 0 Å². The second kappa shape index (κ2) is 21.3. The summed E-state index contributed by atoms with van der Waals surface area (Å²) in [7, 11) is 1.74. The van der Waals surface area contributed by atoms with Crippen molar-refractivity contribution in [2.24, 2.45) is 46.3 Å². The van der Waals surface area contributed by atoms with Gasteiger partial charge in [-0.15, -0.1) is 0 Å². The van der Waals surface area contributed by atoms with E-state index in [2.05, 4.69) is 33.8 Å². The van der Waals surface area contributed by atoms with Crippen molar-refractivity contribution in [3.63, 3.8) is 0 Å². The molecule has 11 N–H and O–H groups in total. The van der Waals surface area contributed by atoms with Crippen LogP contribution in [0.1, 0.15) is 99.3 Å². The maximum absolute atomic E-state index is 12.0. The van der Waals surface area contributed by atoms with Crippen molar-refractivity contribution < 1.29 is 104 Å². The molecule has 9 aliphatic rings. The largest absolute Gasteiger partial charge is 0.394 e. The molecule has 29 atom stereocenters. The maximum atomic E-state index is 12.0. The van der Waals surface area contributed by atoms with Crippen molar-refractivity contribution in [3.05, 3.63) is 11.6 Å². The second-order valence-electron chi connectivity index (χ2n) is 23.7. The van der Waals surface area contributed by atoms with Crippen LogP contribution in [0.5, 0.6) is 0 Å². The van der Waals surface area contributed by atoms with Crippen LogP contribution >= 0.6 is 0 Å². The SMILES string of the molecule is CO[C@]1(CC[C@@H](C)CO[C@@H]2O[C@H](C)[C@@H](O)[C@H](O)[C@H]2O)OC2CC3C4CC=C5C[C@@H](O[C@@H]6O[C@H](CO)[C@@H](O[C@@H]7O[C@@H](C)[C@H](O)[C@@H](O)[C@H]7O)[C@H](O)[C@H]6O[C@@H]6OC[C@](O)(CO)[C@H]6O)CC[C@]5(C)C4CC[C@]3(C)C2[C@@H]1C. The van der Waals surface area contributed by atoms with Gasteiger partial charge in [-0.25, -0.2) is 0 Å². The van der Waals surface area contributed by atoms with Crippen molar-refractivity contribution in [2.75, 3.05) is 33.5 Å². The Morgan fingerprint density at radius 2 is 1.42 bits per heavy atom. The highest BCUT2D eigenvalue weighted by Crippen LogP contribution is 2.70. The van der Waals surface area contributed by atoms with Crippen LogP contribution in [0.2, 0.25) is 0 Å². The number of aliphatic hydroxyl groups excluding tert-OH is 10. The molecule has 0 aromatic heterocycles. The predicted octanol–water partition coefficient (Wildman–Crippen LogP) is -0.685. The highest BCUT2D eigenvalue weighted by atomic mass is 16.8. The molecule has 0 radical (unpaired) electrons. The number of ether oxygens (including phenoxy) is 10. The quantitative estimate of drug-likeness (QED) is 0.0905. The van der Waals surface area contributed by atoms with E-state index in [1.54, 1.807) is 14.0 Å². The van der Waals surface area contributed by atoms with E-state index in [1.807, 2.05) is 0 Å². The van der Waals surface area contributed by atoms with Crippen molar-refractivity contribution in [3.8, 4) is 0 Å². The van der Waals surface area contributed by atoms with Gasteiger partial charge in [0.05, 0.1) is 50.8 Å². The Kier molecular flexibility index (Phi) is 16.4. The van der Waals surface area contributed by atoms with E-state index in [0.29, 0.717) is 42.9 Å². The molecule has 0 aromatic rings. The summed E-state index contributed by atoms with van der Waals surface area (Å²) in [4.78, 5) is 0. The highest BCUT2D eigenvalue weighted by molar-refractivity contribution is 5.26. The molecule has 9 rings (SSSR count). The molecule has 8 fully saturated rings. The van der Waals surface area contributed by atoms with Crippen LogP contribution < -0.4 is 0 Å². The fourth-order valence-corrected chi connectivity index (χ4v) is 15.0. The topological polar surface area (TPSA) is 315 Å². The third-order valence-electron chi connectivity index (χ3n) is 19.5. The predicted molar refractivity (Wildman–Crippen MR) is 248 cm³/mol. The van der Waals surface area contributed by atoms with E-state index < -0.39 is 142 Å². The summed E-state index contributed by atoms with van der Waals surface area (Å²) >= 11 is 0. The first-order chi connectivity index (χ1) is 34.0. The lowest BCUT2D eigenvalue weighted by Gasteiger charge is -2.58. The van der Waals surface area contributed by atoms with Gasteiger partial charge in [-0.3, -0.25) is 0 Å². The molecule has 4 aliphatic carbocycles. The third-order valence-corrected chi connectivity index (χ3v) is 19.5. The monoisotopic (exact) mass is 1030 g/mol. The standard InChI is InChI=1S/C51H84O21/c1-22(19-64-44-38(58)36(56)34(54)24(3)66-44)10-15-51(63-7)23(2)33-31(72-51)17-30-28-9-8-26-16-27(11-13-48(26,5)29(28)12-14-49(30,33)6)68-46-42(71-47-43(61)50(62,20-53)21-65-47)40(60)41(32(18-52)69-46)70-45-39(59)37(57)35(55)25(4)67-45/h8,22-25,27-47,52-62H,9-21H2,1-7H3/t22-,23+,24-,25+,27+,28?,29?,30?,31?,32-,33?,34-,35+,36+,37-,38-,39-,40+,41-,42-,43+,44-,45+,46-,47+,48+,49+,50-,51-/m1/s1. The number of rotatable bonds is 15. The van der Waals surface area contributed by atoms with Gasteiger partial charge < -0.3 is 104 Å². The van der Waals surface area contributed by atoms with Gasteiger partial charge in [-0.1, -0.05) is 39.3 Å². The summed E-state index contributed by atoms with van der Waals surface area (Å²) in [6, 6.07) is 0. The van der Waals surface area contributed by atoms with Gasteiger partial charge >= 0.3 is 0 Å². The Labute approximate surface area is 421 Å². The Bertz CT molecular complexity index is 1880. The van der Waals surface area contributed by atoms with Crippen molar-refractivity contribution in [1.29, 1.82) is 0 Å². The summed E-state index contributed by atoms with van der Waals surface area (Å²) in [5, 5.41) is 116. The van der Waals surface area contributed by atoms with Crippen LogP contribution in [-0.4, -0.2) is 218 Å². The summed E-state index contributed by atoms with van der Waals surface area (Å²) in [5.41, 5.74) is -0.801. The average molecular weight is 1030 g/mol. The second-order valence-corrected chi connectivity index (χ2v) is 23.7. The van der Waals surface area contributed by atoms with E-state index in [-0.39, 0.29) is 35.4 Å². The zero-order chi connectivity index (χ0) is 52.0. The third kappa shape index (κ3) is 9.60. The van der Waals surface area contributed by atoms with Gasteiger partial charge in [0, 0.05) is 19.4 Å². The lowest BCUT2D eigenvalue weighted by atomic mass is 9.47. The molecule has 5 unspecified atom stereocenters. The molecular weight excluding hydrogens is 949 g/mol. The summed E-state index contributed by atoms with van der Waals surface area (Å²) in [6.45, 7) is 10.6.